The summed E-state index contributed by atoms with van der Waals surface area (Å²) in [5, 5.41) is 34.3. The van der Waals surface area contributed by atoms with E-state index in [9.17, 15) is 29.7 Å². The van der Waals surface area contributed by atoms with Crippen LogP contribution in [0.1, 0.15) is 101 Å². The molecule has 3 fully saturated rings. The van der Waals surface area contributed by atoms with Gasteiger partial charge in [-0.05, 0) is 74.9 Å². The lowest BCUT2D eigenvalue weighted by molar-refractivity contribution is -0.322. The van der Waals surface area contributed by atoms with E-state index in [0.29, 0.717) is 6.42 Å². The molecule has 3 rings (SSSR count). The van der Waals surface area contributed by atoms with Gasteiger partial charge in [0.05, 0.1) is 67.8 Å². The number of carbonyl (C=O) groups excluding carboxylic acids is 3. The number of methoxy groups -OCH3 is 3. The summed E-state index contributed by atoms with van der Waals surface area (Å²) in [6.07, 6.45) is -8.47. The van der Waals surface area contributed by atoms with Crippen molar-refractivity contribution in [2.75, 3.05) is 42.0 Å². The van der Waals surface area contributed by atoms with Crippen molar-refractivity contribution in [3.05, 3.63) is 0 Å². The number of likely N-dealkylation sites (N-methyl/N-ethyl adjacent to an activating group) is 1. The molecule has 3 aliphatic heterocycles. The molecule has 338 valence electrons. The van der Waals surface area contributed by atoms with Crippen molar-refractivity contribution < 1.29 is 72.3 Å². The lowest BCUT2D eigenvalue weighted by Crippen LogP contribution is -2.62. The molecule has 0 radical (unpaired) electrons. The number of aliphatic hydroxyl groups is 3. The highest BCUT2D eigenvalue weighted by molar-refractivity contribution is 5.83. The van der Waals surface area contributed by atoms with Crippen LogP contribution in [0.15, 0.2) is 0 Å². The fourth-order valence-electron chi connectivity index (χ4n) is 9.13. The highest BCUT2D eigenvalue weighted by Gasteiger charge is 2.54. The molecule has 3 N–H and O–H groups in total. The molecule has 0 aromatic rings. The van der Waals surface area contributed by atoms with Crippen LogP contribution in [0.2, 0.25) is 0 Å². The maximum absolute atomic E-state index is 14.4. The zero-order valence-corrected chi connectivity index (χ0v) is 37.6. The average Bonchev–Trinajstić information content (AvgIpc) is 3.18. The van der Waals surface area contributed by atoms with Gasteiger partial charge in [0.1, 0.15) is 29.7 Å². The molecule has 0 saturated carbocycles. The fourth-order valence-corrected chi connectivity index (χ4v) is 9.13. The molecule has 0 unspecified atom stereocenters. The molecule has 0 bridgehead atoms. The third-order valence-corrected chi connectivity index (χ3v) is 13.1. The van der Waals surface area contributed by atoms with Gasteiger partial charge in [0.15, 0.2) is 12.6 Å². The van der Waals surface area contributed by atoms with Crippen LogP contribution in [0.3, 0.4) is 0 Å². The van der Waals surface area contributed by atoms with E-state index in [1.54, 1.807) is 41.5 Å². The van der Waals surface area contributed by atoms with Crippen LogP contribution in [0.5, 0.6) is 0 Å². The van der Waals surface area contributed by atoms with E-state index < -0.39 is 108 Å². The molecule has 18 atom stereocenters. The maximum Gasteiger partial charge on any atom is 0.311 e. The molecular weight excluding hydrogens is 758 g/mol. The number of hydrogen-bond donors (Lipinski definition) is 3. The summed E-state index contributed by atoms with van der Waals surface area (Å²) in [6, 6.07) is -0.202. The van der Waals surface area contributed by atoms with Crippen LogP contribution in [-0.2, 0) is 57.0 Å². The third-order valence-electron chi connectivity index (χ3n) is 13.1. The fraction of sp³-hybridized carbons (Fsp3) is 0.929. The summed E-state index contributed by atoms with van der Waals surface area (Å²) >= 11 is 0. The molecule has 0 aromatic heterocycles. The van der Waals surface area contributed by atoms with Crippen molar-refractivity contribution in [3.63, 3.8) is 0 Å². The quantitative estimate of drug-likeness (QED) is 0.242. The minimum absolute atomic E-state index is 0.00475. The number of nitrogens with zero attached hydrogens (tertiary/aromatic N) is 1. The van der Waals surface area contributed by atoms with Gasteiger partial charge in [0.25, 0.3) is 0 Å². The second kappa shape index (κ2) is 20.8. The molecule has 3 heterocycles. The van der Waals surface area contributed by atoms with Gasteiger partial charge in [-0.25, -0.2) is 0 Å². The van der Waals surface area contributed by atoms with Crippen molar-refractivity contribution in [1.82, 2.24) is 4.90 Å². The predicted molar refractivity (Wildman–Crippen MR) is 211 cm³/mol. The minimum Gasteiger partial charge on any atom is -0.469 e. The summed E-state index contributed by atoms with van der Waals surface area (Å²) in [7, 11) is 8.18. The van der Waals surface area contributed by atoms with Gasteiger partial charge in [-0.15, -0.1) is 0 Å². The smallest absolute Gasteiger partial charge is 0.311 e. The Hall–Kier alpha value is -1.83. The summed E-state index contributed by atoms with van der Waals surface area (Å²) in [6.45, 7) is 17.1. The molecule has 0 aliphatic carbocycles. The molecular formula is C42H75NO15. The van der Waals surface area contributed by atoms with E-state index in [2.05, 4.69) is 0 Å². The van der Waals surface area contributed by atoms with Crippen LogP contribution < -0.4 is 0 Å². The van der Waals surface area contributed by atoms with Crippen LogP contribution >= 0.6 is 0 Å². The number of cyclic esters (lactones) is 1. The molecule has 3 aliphatic rings. The van der Waals surface area contributed by atoms with Crippen molar-refractivity contribution >= 4 is 17.7 Å². The summed E-state index contributed by atoms with van der Waals surface area (Å²) < 4.78 is 56.0. The second-order valence-electron chi connectivity index (χ2n) is 17.8. The Morgan fingerprint density at radius 1 is 0.862 bits per heavy atom. The average molecular weight is 834 g/mol. The van der Waals surface area contributed by atoms with Gasteiger partial charge < -0.3 is 62.9 Å². The molecule has 0 spiro atoms. The Bertz CT molecular complexity index is 1350. The molecule has 16 nitrogen and oxygen atoms in total. The first-order valence-electron chi connectivity index (χ1n) is 20.8. The molecule has 16 heteroatoms. The maximum atomic E-state index is 14.4. The van der Waals surface area contributed by atoms with Crippen molar-refractivity contribution in [2.45, 2.75) is 186 Å². The zero-order chi connectivity index (χ0) is 44.1. The van der Waals surface area contributed by atoms with Crippen LogP contribution in [0, 0.1) is 23.7 Å². The van der Waals surface area contributed by atoms with E-state index in [1.807, 2.05) is 39.8 Å². The van der Waals surface area contributed by atoms with Gasteiger partial charge in [-0.1, -0.05) is 27.7 Å². The number of rotatable bonds is 12. The van der Waals surface area contributed by atoms with E-state index in [1.165, 1.54) is 28.3 Å². The van der Waals surface area contributed by atoms with Gasteiger partial charge >= 0.3 is 11.9 Å². The number of esters is 2. The van der Waals surface area contributed by atoms with E-state index in [4.69, 9.17) is 42.6 Å². The predicted octanol–water partition coefficient (Wildman–Crippen LogP) is 3.03. The van der Waals surface area contributed by atoms with Crippen molar-refractivity contribution in [2.24, 2.45) is 23.7 Å². The first-order chi connectivity index (χ1) is 26.9. The Morgan fingerprint density at radius 2 is 1.48 bits per heavy atom. The molecule has 0 aromatic carbocycles. The highest BCUT2D eigenvalue weighted by Crippen LogP contribution is 2.42. The standard InChI is InChI=1S/C42H75NO15/c1-16-29-42(10,49)35(46)24(4)32(45)22(2)20-41(9,52-15)37(58-39-34(53-18-17-30(44)50-13)28(43(11)12)19-23(3)54-39)25(5)33(26(6)38(48)56-29)57-31-21-40(8,51-14)36(47)27(7)55-31/h22-29,31,33-37,39,46-47,49H,16-21H2,1-15H3/t22-,23-,24+,25+,26-,27+,28+,29-,31+,33+,34-,35-,36+,37-,39+,40-,41+,42-/m1/s1. The lowest BCUT2D eigenvalue weighted by Gasteiger charge is -2.50. The van der Waals surface area contributed by atoms with Crippen LogP contribution in [0.4, 0.5) is 0 Å². The number of Topliss-reactive ketones (excluding diaryl/α,β-unsaturated/α-hetero) is 1. The second-order valence-corrected chi connectivity index (χ2v) is 17.8. The Labute approximate surface area is 345 Å². The topological polar surface area (TPSA) is 198 Å². The SMILES string of the molecule is CC[C@H]1OC(=O)[C@H](C)[C@@H](O[C@H]2C[C@@](C)(OC)[C@@H](O)[C@H](C)O2)[C@H](C)[C@@H](O[C@@H]2O[C@H](C)C[C@H](N(C)C)[C@H]2OCCC(=O)OC)[C@@](C)(OC)C[C@@H](C)C(=O)[C@H](C)[C@@H](O)[C@]1(C)O. The summed E-state index contributed by atoms with van der Waals surface area (Å²) in [5.41, 5.74) is -4.32. The molecule has 58 heavy (non-hydrogen) atoms. The van der Waals surface area contributed by atoms with E-state index in [-0.39, 0.29) is 50.2 Å². The Morgan fingerprint density at radius 3 is 2.03 bits per heavy atom. The zero-order valence-electron chi connectivity index (χ0n) is 37.6. The van der Waals surface area contributed by atoms with Crippen molar-refractivity contribution in [3.8, 4) is 0 Å². The minimum atomic E-state index is -1.99. The number of hydrogen-bond acceptors (Lipinski definition) is 16. The number of ketones is 1. The third kappa shape index (κ3) is 11.3. The Balaban J connectivity index is 2.26. The monoisotopic (exact) mass is 834 g/mol. The van der Waals surface area contributed by atoms with Gasteiger partial charge in [0, 0.05) is 44.4 Å². The van der Waals surface area contributed by atoms with Crippen molar-refractivity contribution in [1.29, 1.82) is 0 Å². The van der Waals surface area contributed by atoms with Gasteiger partial charge in [-0.2, -0.15) is 0 Å². The first kappa shape index (κ1) is 50.5. The summed E-state index contributed by atoms with van der Waals surface area (Å²) in [4.78, 5) is 42.6. The number of ether oxygens (including phenoxy) is 9. The number of aliphatic hydroxyl groups excluding tert-OH is 2. The lowest BCUT2D eigenvalue weighted by atomic mass is 9.74. The largest absolute Gasteiger partial charge is 0.469 e. The molecule has 0 amide bonds. The molecule has 3 saturated heterocycles. The van der Waals surface area contributed by atoms with E-state index in [0.717, 1.165) is 0 Å². The Kier molecular flexibility index (Phi) is 18.1. The summed E-state index contributed by atoms with van der Waals surface area (Å²) in [5.74, 6) is -5.02. The van der Waals surface area contributed by atoms with E-state index >= 15 is 0 Å². The van der Waals surface area contributed by atoms with Crippen LogP contribution in [-0.4, -0.2) is 164 Å². The highest BCUT2D eigenvalue weighted by atomic mass is 16.7. The first-order valence-corrected chi connectivity index (χ1v) is 20.8. The normalized spacial score (nSPS) is 45.1. The van der Waals surface area contributed by atoms with Gasteiger partial charge in [-0.3, -0.25) is 14.4 Å². The van der Waals surface area contributed by atoms with Gasteiger partial charge in [0.2, 0.25) is 0 Å². The number of carbonyl (C=O) groups is 3. The van der Waals surface area contributed by atoms with Crippen LogP contribution in [0.25, 0.3) is 0 Å².